The Balaban J connectivity index is 1.87. The van der Waals surface area contributed by atoms with Gasteiger partial charge in [0.15, 0.2) is 34.7 Å². The Bertz CT molecular complexity index is 1290. The predicted octanol–water partition coefficient (Wildman–Crippen LogP) is 0.459. The van der Waals surface area contributed by atoms with Crippen LogP contribution in [0.25, 0.3) is 0 Å². The average Bonchev–Trinajstić information content (AvgIpc) is 2.87. The standard InChI is InChI=1S/C30H42N4O7/c1-7-34(8-2)23-16(13-32-12-14(3)4)11-19(35)21-17(23)9-15-10-18-24(33(5)6)26(37)22(29(31)40)28(39)30(18,41)27(38)20(15)25(21)36/h11,14-15,18,20,22,24,32,35,41H,7-10,12-13H2,1-6H3,(H2,31,40)/t15-,18-,20?,22?,24-,30-/m0/s1. The van der Waals surface area contributed by atoms with E-state index < -0.39 is 64.4 Å². The van der Waals surface area contributed by atoms with Crippen molar-refractivity contribution in [1.29, 1.82) is 0 Å². The molecule has 2 saturated carbocycles. The molecule has 0 aliphatic heterocycles. The van der Waals surface area contributed by atoms with Crippen LogP contribution in [0.15, 0.2) is 6.07 Å². The molecule has 1 aromatic carbocycles. The number of hydrogen-bond donors (Lipinski definition) is 4. The quantitative estimate of drug-likeness (QED) is 0.306. The fourth-order valence-corrected chi connectivity index (χ4v) is 7.29. The number of fused-ring (bicyclic) bond motifs is 3. The third-order valence-electron chi connectivity index (χ3n) is 9.06. The number of amides is 1. The summed E-state index contributed by atoms with van der Waals surface area (Å²) in [5, 5.41) is 26.3. The van der Waals surface area contributed by atoms with E-state index in [1.54, 1.807) is 20.2 Å². The SMILES string of the molecule is CCN(CC)c1c(CNCC(C)C)cc(O)c2c1C[C@H]1C[C@H]3[C@H](N(C)C)C(=O)C(C(N)=O)C(=O)[C@@]3(O)C(=O)C1C2=O. The maximum absolute atomic E-state index is 14.1. The summed E-state index contributed by atoms with van der Waals surface area (Å²) in [5.74, 6) is -9.97. The third-order valence-corrected chi connectivity index (χ3v) is 9.06. The maximum atomic E-state index is 14.1. The highest BCUT2D eigenvalue weighted by molar-refractivity contribution is 6.32. The summed E-state index contributed by atoms with van der Waals surface area (Å²) in [5.41, 5.74) is 4.96. The molecule has 2 unspecified atom stereocenters. The van der Waals surface area contributed by atoms with Crippen molar-refractivity contribution in [2.45, 2.75) is 58.7 Å². The molecular formula is C30H42N4O7. The zero-order valence-corrected chi connectivity index (χ0v) is 24.7. The molecule has 0 heterocycles. The van der Waals surface area contributed by atoms with Gasteiger partial charge in [-0.15, -0.1) is 0 Å². The monoisotopic (exact) mass is 570 g/mol. The lowest BCUT2D eigenvalue weighted by Crippen LogP contribution is -2.74. The van der Waals surface area contributed by atoms with Gasteiger partial charge in [-0.1, -0.05) is 13.8 Å². The van der Waals surface area contributed by atoms with Crippen molar-refractivity contribution in [2.24, 2.45) is 35.3 Å². The minimum Gasteiger partial charge on any atom is -0.507 e. The lowest BCUT2D eigenvalue weighted by Gasteiger charge is -2.52. The van der Waals surface area contributed by atoms with Crippen molar-refractivity contribution in [1.82, 2.24) is 10.2 Å². The zero-order valence-electron chi connectivity index (χ0n) is 24.7. The van der Waals surface area contributed by atoms with E-state index in [1.807, 2.05) is 13.8 Å². The van der Waals surface area contributed by atoms with Gasteiger partial charge in [0.25, 0.3) is 0 Å². The van der Waals surface area contributed by atoms with Crippen LogP contribution in [0.3, 0.4) is 0 Å². The Morgan fingerprint density at radius 2 is 1.78 bits per heavy atom. The summed E-state index contributed by atoms with van der Waals surface area (Å²) in [7, 11) is 3.14. The number of carbonyl (C=O) groups is 5. The van der Waals surface area contributed by atoms with Gasteiger partial charge < -0.3 is 26.2 Å². The normalized spacial score (nSPS) is 29.4. The molecule has 2 fully saturated rings. The number of phenols is 1. The number of nitrogens with two attached hydrogens (primary N) is 1. The van der Waals surface area contributed by atoms with Gasteiger partial charge in [0, 0.05) is 31.2 Å². The highest BCUT2D eigenvalue weighted by Crippen LogP contribution is 2.52. The summed E-state index contributed by atoms with van der Waals surface area (Å²) >= 11 is 0. The summed E-state index contributed by atoms with van der Waals surface area (Å²) in [6, 6.07) is 0.428. The van der Waals surface area contributed by atoms with Gasteiger partial charge in [-0.2, -0.15) is 0 Å². The lowest BCUT2D eigenvalue weighted by atomic mass is 9.52. The summed E-state index contributed by atoms with van der Waals surface area (Å²) in [4.78, 5) is 70.6. The number of aliphatic hydroxyl groups is 1. The van der Waals surface area contributed by atoms with Crippen molar-refractivity contribution in [3.63, 3.8) is 0 Å². The van der Waals surface area contributed by atoms with Crippen LogP contribution in [0.1, 0.15) is 55.6 Å². The Hall–Kier alpha value is -3.15. The number of Topliss-reactive ketones (excluding diaryl/α,β-unsaturated/α-hetero) is 4. The van der Waals surface area contributed by atoms with Crippen LogP contribution in [0.4, 0.5) is 5.69 Å². The second-order valence-corrected chi connectivity index (χ2v) is 12.2. The topological polar surface area (TPSA) is 170 Å². The van der Waals surface area contributed by atoms with E-state index in [-0.39, 0.29) is 24.2 Å². The van der Waals surface area contributed by atoms with Gasteiger partial charge >= 0.3 is 0 Å². The third kappa shape index (κ3) is 4.77. The fourth-order valence-electron chi connectivity index (χ4n) is 7.29. The molecule has 3 aliphatic rings. The molecule has 0 spiro atoms. The molecule has 5 N–H and O–H groups in total. The van der Waals surface area contributed by atoms with Gasteiger partial charge in [0.1, 0.15) is 5.75 Å². The molecular weight excluding hydrogens is 528 g/mol. The smallest absolute Gasteiger partial charge is 0.235 e. The number of aromatic hydroxyl groups is 1. The van der Waals surface area contributed by atoms with E-state index in [0.717, 1.165) is 17.8 Å². The van der Waals surface area contributed by atoms with Crippen LogP contribution >= 0.6 is 0 Å². The van der Waals surface area contributed by atoms with E-state index in [0.29, 0.717) is 31.1 Å². The highest BCUT2D eigenvalue weighted by Gasteiger charge is 2.69. The van der Waals surface area contributed by atoms with Gasteiger partial charge in [0.2, 0.25) is 5.91 Å². The van der Waals surface area contributed by atoms with E-state index >= 15 is 0 Å². The average molecular weight is 571 g/mol. The Kier molecular flexibility index (Phi) is 8.46. The van der Waals surface area contributed by atoms with Crippen molar-refractivity contribution in [2.75, 3.05) is 38.6 Å². The second-order valence-electron chi connectivity index (χ2n) is 12.2. The molecule has 11 heteroatoms. The number of likely N-dealkylation sites (N-methyl/N-ethyl adjacent to an activating group) is 1. The van der Waals surface area contributed by atoms with Crippen LogP contribution in [0.2, 0.25) is 0 Å². The van der Waals surface area contributed by atoms with Crippen molar-refractivity contribution < 1.29 is 34.2 Å². The number of primary amides is 1. The van der Waals surface area contributed by atoms with Crippen LogP contribution in [-0.2, 0) is 32.1 Å². The van der Waals surface area contributed by atoms with E-state index in [4.69, 9.17) is 5.73 Å². The van der Waals surface area contributed by atoms with Crippen molar-refractivity contribution >= 4 is 34.7 Å². The Labute approximate surface area is 240 Å². The molecule has 0 saturated heterocycles. The van der Waals surface area contributed by atoms with Crippen LogP contribution < -0.4 is 16.0 Å². The van der Waals surface area contributed by atoms with Gasteiger partial charge in [-0.3, -0.25) is 28.9 Å². The van der Waals surface area contributed by atoms with E-state index in [2.05, 4.69) is 24.1 Å². The molecule has 6 atom stereocenters. The molecule has 41 heavy (non-hydrogen) atoms. The number of carbonyl (C=O) groups excluding carboxylic acids is 5. The molecule has 4 rings (SSSR count). The number of ketones is 4. The first-order valence-corrected chi connectivity index (χ1v) is 14.4. The summed E-state index contributed by atoms with van der Waals surface area (Å²) < 4.78 is 0. The molecule has 11 nitrogen and oxygen atoms in total. The number of anilines is 1. The number of nitrogens with one attached hydrogen (secondary N) is 1. The largest absolute Gasteiger partial charge is 0.507 e. The molecule has 0 bridgehead atoms. The molecule has 3 aliphatic carbocycles. The number of rotatable bonds is 9. The van der Waals surface area contributed by atoms with Crippen LogP contribution in [-0.4, -0.2) is 89.5 Å². The minimum atomic E-state index is -2.73. The molecule has 224 valence electrons. The summed E-state index contributed by atoms with van der Waals surface area (Å²) in [6.45, 7) is 10.7. The number of benzene rings is 1. The van der Waals surface area contributed by atoms with Gasteiger partial charge in [-0.25, -0.2) is 0 Å². The first-order valence-electron chi connectivity index (χ1n) is 14.4. The van der Waals surface area contributed by atoms with Gasteiger partial charge in [-0.05, 0) is 76.4 Å². The molecule has 1 amide bonds. The van der Waals surface area contributed by atoms with Gasteiger partial charge in [0.05, 0.1) is 17.5 Å². The molecule has 0 aromatic heterocycles. The maximum Gasteiger partial charge on any atom is 0.235 e. The summed E-state index contributed by atoms with van der Waals surface area (Å²) in [6.07, 6.45) is 0.265. The van der Waals surface area contributed by atoms with Crippen molar-refractivity contribution in [3.8, 4) is 5.75 Å². The lowest BCUT2D eigenvalue weighted by molar-refractivity contribution is -0.181. The molecule has 0 radical (unpaired) electrons. The number of hydrogen-bond acceptors (Lipinski definition) is 10. The first kappa shape index (κ1) is 30.8. The fraction of sp³-hybridized carbons (Fsp3) is 0.633. The van der Waals surface area contributed by atoms with Crippen LogP contribution in [0.5, 0.6) is 5.75 Å². The zero-order chi connectivity index (χ0) is 30.5. The molecule has 1 aromatic rings. The number of nitrogens with zero attached hydrogens (tertiary/aromatic N) is 2. The van der Waals surface area contributed by atoms with E-state index in [1.165, 1.54) is 4.90 Å². The number of phenolic OH excluding ortho intramolecular Hbond substituents is 1. The first-order chi connectivity index (χ1) is 19.2. The highest BCUT2D eigenvalue weighted by atomic mass is 16.3. The minimum absolute atomic E-state index is 0.0195. The van der Waals surface area contributed by atoms with Crippen molar-refractivity contribution in [3.05, 3.63) is 22.8 Å². The Morgan fingerprint density at radius 3 is 2.32 bits per heavy atom. The Morgan fingerprint density at radius 1 is 1.15 bits per heavy atom. The van der Waals surface area contributed by atoms with E-state index in [9.17, 15) is 34.2 Å². The van der Waals surface area contributed by atoms with Crippen LogP contribution in [0, 0.1) is 29.6 Å². The predicted molar refractivity (Wildman–Crippen MR) is 151 cm³/mol. The second kappa shape index (κ2) is 11.3.